The highest BCUT2D eigenvalue weighted by Crippen LogP contribution is 2.35. The zero-order chi connectivity index (χ0) is 29.8. The van der Waals surface area contributed by atoms with Crippen molar-refractivity contribution in [3.8, 4) is 17.0 Å². The fourth-order valence-corrected chi connectivity index (χ4v) is 4.58. The van der Waals surface area contributed by atoms with E-state index < -0.39 is 28.8 Å². The van der Waals surface area contributed by atoms with Gasteiger partial charge < -0.3 is 14.8 Å². The number of aromatic nitrogens is 2. The Hall–Kier alpha value is -4.11. The van der Waals surface area contributed by atoms with Gasteiger partial charge in [0.2, 0.25) is 0 Å². The largest absolute Gasteiger partial charge is 0.476 e. The van der Waals surface area contributed by atoms with Crippen molar-refractivity contribution in [2.75, 3.05) is 13.7 Å². The minimum atomic E-state index is -4.41. The van der Waals surface area contributed by atoms with Crippen molar-refractivity contribution in [1.82, 2.24) is 15.1 Å². The topological polar surface area (TPSA) is 65.4 Å². The van der Waals surface area contributed by atoms with Crippen LogP contribution in [0.5, 0.6) is 5.75 Å². The van der Waals surface area contributed by atoms with E-state index in [0.717, 1.165) is 29.0 Å². The molecule has 0 fully saturated rings. The smallest absolute Gasteiger partial charge is 0.416 e. The summed E-state index contributed by atoms with van der Waals surface area (Å²) in [6, 6.07) is 24.1. The Morgan fingerprint density at radius 1 is 0.902 bits per heavy atom. The predicted octanol–water partition coefficient (Wildman–Crippen LogP) is 6.82. The van der Waals surface area contributed by atoms with Crippen molar-refractivity contribution < 1.29 is 27.4 Å². The summed E-state index contributed by atoms with van der Waals surface area (Å²) in [6.45, 7) is 7.79. The normalized spacial score (nSPS) is 13.5. The summed E-state index contributed by atoms with van der Waals surface area (Å²) in [7, 11) is 1.84. The number of hydrogen-bond acceptors (Lipinski definition) is 5. The van der Waals surface area contributed by atoms with Crippen LogP contribution in [0, 0.1) is 0 Å². The van der Waals surface area contributed by atoms with Crippen LogP contribution < -0.4 is 10.1 Å². The molecule has 0 bridgehead atoms. The molecule has 0 aliphatic heterocycles. The molecule has 6 nitrogen and oxygen atoms in total. The van der Waals surface area contributed by atoms with Gasteiger partial charge in [0.05, 0.1) is 35.6 Å². The molecule has 1 aromatic heterocycles. The number of rotatable bonds is 10. The zero-order valence-electron chi connectivity index (χ0n) is 23.8. The van der Waals surface area contributed by atoms with E-state index >= 15 is 0 Å². The number of carbonyl (C=O) groups excluding carboxylic acids is 1. The first-order valence-corrected chi connectivity index (χ1v) is 13.3. The number of alkyl halides is 3. The van der Waals surface area contributed by atoms with E-state index in [9.17, 15) is 18.0 Å². The molecule has 1 unspecified atom stereocenters. The molecular formula is C32H34F3N3O3. The molecule has 0 amide bonds. The molecular weight excluding hydrogens is 531 g/mol. The molecule has 1 heterocycles. The lowest BCUT2D eigenvalue weighted by Gasteiger charge is -2.31. The van der Waals surface area contributed by atoms with Crippen LogP contribution in [0.4, 0.5) is 13.2 Å². The Bertz CT molecular complexity index is 1460. The van der Waals surface area contributed by atoms with E-state index in [1.807, 2.05) is 67.2 Å². The number of hydrogen-bond donors (Lipinski definition) is 1. The standard InChI is InChI=1S/C32H34F3N3O3/c1-6-40-29(39)30(2,3)41-26-18-16-24(17-19-26)31(4,36-5)28-20-27(23-12-14-25(15-13-23)32(33,34)35)37-38(28)21-22-10-8-7-9-11-22/h7-20,36H,6,21H2,1-5H3. The summed E-state index contributed by atoms with van der Waals surface area (Å²) in [5, 5.41) is 8.24. The van der Waals surface area contributed by atoms with E-state index in [-0.39, 0.29) is 6.61 Å². The zero-order valence-corrected chi connectivity index (χ0v) is 23.8. The second kappa shape index (κ2) is 11.8. The van der Waals surface area contributed by atoms with E-state index in [4.69, 9.17) is 14.6 Å². The second-order valence-corrected chi connectivity index (χ2v) is 10.4. The summed E-state index contributed by atoms with van der Waals surface area (Å²) < 4.78 is 52.4. The van der Waals surface area contributed by atoms with Gasteiger partial charge in [-0.05, 0) is 76.2 Å². The van der Waals surface area contributed by atoms with Gasteiger partial charge in [0.15, 0.2) is 5.60 Å². The van der Waals surface area contributed by atoms with Crippen LogP contribution in [0.25, 0.3) is 11.3 Å². The van der Waals surface area contributed by atoms with Gasteiger partial charge >= 0.3 is 12.1 Å². The van der Waals surface area contributed by atoms with Crippen molar-refractivity contribution in [2.24, 2.45) is 0 Å². The number of ether oxygens (including phenoxy) is 2. The molecule has 1 N–H and O–H groups in total. The SMILES string of the molecule is CCOC(=O)C(C)(C)Oc1ccc(C(C)(NC)c2cc(-c3ccc(C(F)(F)F)cc3)nn2Cc2ccccc2)cc1. The molecule has 0 saturated carbocycles. The minimum absolute atomic E-state index is 0.260. The molecule has 0 aliphatic rings. The molecule has 0 spiro atoms. The third kappa shape index (κ3) is 6.62. The summed E-state index contributed by atoms with van der Waals surface area (Å²) in [6.07, 6.45) is -4.41. The number of esters is 1. The third-order valence-corrected chi connectivity index (χ3v) is 7.05. The molecule has 0 aliphatic carbocycles. The fourth-order valence-electron chi connectivity index (χ4n) is 4.58. The average molecular weight is 566 g/mol. The predicted molar refractivity (Wildman–Crippen MR) is 152 cm³/mol. The lowest BCUT2D eigenvalue weighted by Crippen LogP contribution is -2.40. The molecule has 0 saturated heterocycles. The van der Waals surface area contributed by atoms with Crippen LogP contribution in [0.3, 0.4) is 0 Å². The third-order valence-electron chi connectivity index (χ3n) is 7.05. The van der Waals surface area contributed by atoms with Crippen LogP contribution in [-0.4, -0.2) is 35.0 Å². The minimum Gasteiger partial charge on any atom is -0.476 e. The van der Waals surface area contributed by atoms with E-state index in [1.54, 1.807) is 32.9 Å². The summed E-state index contributed by atoms with van der Waals surface area (Å²) in [5.74, 6) is 0.0539. The van der Waals surface area contributed by atoms with E-state index in [2.05, 4.69) is 5.32 Å². The van der Waals surface area contributed by atoms with Crippen molar-refractivity contribution in [1.29, 1.82) is 0 Å². The van der Waals surface area contributed by atoms with Gasteiger partial charge in [0, 0.05) is 5.56 Å². The molecule has 9 heteroatoms. The van der Waals surface area contributed by atoms with Gasteiger partial charge in [0.25, 0.3) is 0 Å². The molecule has 4 rings (SSSR count). The molecule has 1 atom stereocenters. The Labute approximate surface area is 238 Å². The van der Waals surface area contributed by atoms with E-state index in [1.165, 1.54) is 12.1 Å². The van der Waals surface area contributed by atoms with Gasteiger partial charge in [-0.25, -0.2) is 4.79 Å². The first-order chi connectivity index (χ1) is 19.4. The van der Waals surface area contributed by atoms with Crippen LogP contribution >= 0.6 is 0 Å². The van der Waals surface area contributed by atoms with Gasteiger partial charge in [-0.15, -0.1) is 0 Å². The average Bonchev–Trinajstić information content (AvgIpc) is 3.37. The molecule has 0 radical (unpaired) electrons. The van der Waals surface area contributed by atoms with Crippen molar-refractivity contribution >= 4 is 5.97 Å². The Morgan fingerprint density at radius 2 is 1.51 bits per heavy atom. The number of halogens is 3. The number of nitrogens with one attached hydrogen (secondary N) is 1. The number of benzene rings is 3. The molecule has 41 heavy (non-hydrogen) atoms. The highest BCUT2D eigenvalue weighted by atomic mass is 19.4. The second-order valence-electron chi connectivity index (χ2n) is 10.4. The monoisotopic (exact) mass is 565 g/mol. The Balaban J connectivity index is 1.72. The lowest BCUT2D eigenvalue weighted by atomic mass is 9.88. The number of carbonyl (C=O) groups is 1. The molecule has 4 aromatic rings. The van der Waals surface area contributed by atoms with Gasteiger partial charge in [-0.2, -0.15) is 18.3 Å². The summed E-state index contributed by atoms with van der Waals surface area (Å²) >= 11 is 0. The number of nitrogens with zero attached hydrogens (tertiary/aromatic N) is 2. The van der Waals surface area contributed by atoms with Gasteiger partial charge in [-0.3, -0.25) is 4.68 Å². The van der Waals surface area contributed by atoms with Gasteiger partial charge in [-0.1, -0.05) is 54.6 Å². The highest BCUT2D eigenvalue weighted by molar-refractivity contribution is 5.79. The summed E-state index contributed by atoms with van der Waals surface area (Å²) in [4.78, 5) is 12.3. The molecule has 216 valence electrons. The van der Waals surface area contributed by atoms with Gasteiger partial charge in [0.1, 0.15) is 5.75 Å². The lowest BCUT2D eigenvalue weighted by molar-refractivity contribution is -0.158. The van der Waals surface area contributed by atoms with Crippen LogP contribution in [0.2, 0.25) is 0 Å². The van der Waals surface area contributed by atoms with E-state index in [0.29, 0.717) is 23.6 Å². The van der Waals surface area contributed by atoms with Crippen LogP contribution in [0.1, 0.15) is 50.1 Å². The fraction of sp³-hybridized carbons (Fsp3) is 0.312. The maximum absolute atomic E-state index is 13.2. The maximum atomic E-state index is 13.2. The quantitative estimate of drug-likeness (QED) is 0.214. The summed E-state index contributed by atoms with van der Waals surface area (Å²) in [5.41, 5.74) is 1.28. The highest BCUT2D eigenvalue weighted by Gasteiger charge is 2.34. The van der Waals surface area contributed by atoms with Crippen LogP contribution in [0.15, 0.2) is 84.9 Å². The first kappa shape index (κ1) is 29.9. The first-order valence-electron chi connectivity index (χ1n) is 13.3. The van der Waals surface area contributed by atoms with Crippen molar-refractivity contribution in [3.05, 3.63) is 107 Å². The Kier molecular flexibility index (Phi) is 8.58. The Morgan fingerprint density at radius 3 is 2.07 bits per heavy atom. The maximum Gasteiger partial charge on any atom is 0.416 e. The van der Waals surface area contributed by atoms with Crippen molar-refractivity contribution in [2.45, 2.75) is 51.6 Å². The van der Waals surface area contributed by atoms with Crippen LogP contribution in [-0.2, 0) is 27.8 Å². The van der Waals surface area contributed by atoms with Crippen molar-refractivity contribution in [3.63, 3.8) is 0 Å². The molecule has 3 aromatic carbocycles.